The summed E-state index contributed by atoms with van der Waals surface area (Å²) in [6, 6.07) is 6.01. The van der Waals surface area contributed by atoms with Gasteiger partial charge < -0.3 is 0 Å². The van der Waals surface area contributed by atoms with Crippen LogP contribution in [0, 0.1) is 11.8 Å². The molecule has 1 nitrogen and oxygen atoms in total. The number of alkyl halides is 3. The SMILES string of the molecule is CC(=O)SCCC#Cc1cccc(SC(F)(F)F)c1. The quantitative estimate of drug-likeness (QED) is 0.470. The first kappa shape index (κ1) is 16.0. The van der Waals surface area contributed by atoms with E-state index in [1.54, 1.807) is 12.1 Å². The first-order valence-corrected chi connectivity index (χ1v) is 7.15. The molecule has 0 aliphatic heterocycles. The Morgan fingerprint density at radius 3 is 2.74 bits per heavy atom. The molecule has 0 saturated carbocycles. The van der Waals surface area contributed by atoms with Crippen LogP contribution in [0.15, 0.2) is 29.2 Å². The fourth-order valence-corrected chi connectivity index (χ4v) is 2.27. The van der Waals surface area contributed by atoms with E-state index in [1.165, 1.54) is 30.8 Å². The molecule has 0 bridgehead atoms. The molecule has 0 unspecified atom stereocenters. The molecule has 1 aromatic rings. The van der Waals surface area contributed by atoms with Gasteiger partial charge in [-0.1, -0.05) is 29.7 Å². The first-order chi connectivity index (χ1) is 8.87. The van der Waals surface area contributed by atoms with Crippen molar-refractivity contribution in [2.75, 3.05) is 5.75 Å². The molecule has 0 N–H and O–H groups in total. The van der Waals surface area contributed by atoms with E-state index < -0.39 is 5.51 Å². The topological polar surface area (TPSA) is 17.1 Å². The average molecular weight is 304 g/mol. The molecule has 19 heavy (non-hydrogen) atoms. The summed E-state index contributed by atoms with van der Waals surface area (Å²) in [7, 11) is 0. The lowest BCUT2D eigenvalue weighted by molar-refractivity contribution is -0.109. The van der Waals surface area contributed by atoms with E-state index in [4.69, 9.17) is 0 Å². The van der Waals surface area contributed by atoms with Crippen molar-refractivity contribution in [2.24, 2.45) is 0 Å². The highest BCUT2D eigenvalue weighted by atomic mass is 32.2. The maximum atomic E-state index is 12.2. The molecule has 6 heteroatoms. The van der Waals surface area contributed by atoms with E-state index in [2.05, 4.69) is 11.8 Å². The van der Waals surface area contributed by atoms with Crippen molar-refractivity contribution in [3.8, 4) is 11.8 Å². The molecule has 0 saturated heterocycles. The van der Waals surface area contributed by atoms with Crippen LogP contribution in [0.4, 0.5) is 13.2 Å². The van der Waals surface area contributed by atoms with Crippen LogP contribution in [0.3, 0.4) is 0 Å². The van der Waals surface area contributed by atoms with Crippen LogP contribution in [-0.4, -0.2) is 16.4 Å². The maximum Gasteiger partial charge on any atom is 0.446 e. The Labute approximate surface area is 118 Å². The molecule has 0 fully saturated rings. The van der Waals surface area contributed by atoms with Crippen LogP contribution < -0.4 is 0 Å². The molecule has 0 amide bonds. The number of halogens is 3. The van der Waals surface area contributed by atoms with Crippen molar-refractivity contribution >= 4 is 28.6 Å². The molecule has 1 aromatic carbocycles. The summed E-state index contributed by atoms with van der Waals surface area (Å²) in [6.45, 7) is 1.48. The molecule has 0 aliphatic carbocycles. The molecule has 1 rings (SSSR count). The number of hydrogen-bond donors (Lipinski definition) is 0. The summed E-state index contributed by atoms with van der Waals surface area (Å²) in [4.78, 5) is 10.8. The van der Waals surface area contributed by atoms with Gasteiger partial charge in [-0.3, -0.25) is 4.79 Å². The fraction of sp³-hybridized carbons (Fsp3) is 0.308. The minimum absolute atomic E-state index is 0.0328. The van der Waals surface area contributed by atoms with Gasteiger partial charge >= 0.3 is 5.51 Å². The Bertz CT molecular complexity index is 501. The smallest absolute Gasteiger partial charge is 0.288 e. The van der Waals surface area contributed by atoms with E-state index in [0.717, 1.165) is 0 Å². The van der Waals surface area contributed by atoms with Gasteiger partial charge in [-0.2, -0.15) is 13.2 Å². The number of rotatable bonds is 3. The van der Waals surface area contributed by atoms with Crippen molar-refractivity contribution in [2.45, 2.75) is 23.7 Å². The highest BCUT2D eigenvalue weighted by Crippen LogP contribution is 2.36. The molecular formula is C13H11F3OS2. The van der Waals surface area contributed by atoms with E-state index in [-0.39, 0.29) is 21.8 Å². The van der Waals surface area contributed by atoms with Crippen LogP contribution in [0.5, 0.6) is 0 Å². The summed E-state index contributed by atoms with van der Waals surface area (Å²) in [5.41, 5.74) is -3.74. The zero-order chi connectivity index (χ0) is 14.3. The summed E-state index contributed by atoms with van der Waals surface area (Å²) < 4.78 is 36.6. The van der Waals surface area contributed by atoms with E-state index in [1.807, 2.05) is 0 Å². The van der Waals surface area contributed by atoms with Crippen molar-refractivity contribution in [3.63, 3.8) is 0 Å². The van der Waals surface area contributed by atoms with Gasteiger partial charge in [-0.15, -0.1) is 0 Å². The molecule has 0 heterocycles. The zero-order valence-electron chi connectivity index (χ0n) is 10.1. The second-order valence-electron chi connectivity index (χ2n) is 3.47. The Balaban J connectivity index is 2.57. The third-order valence-corrected chi connectivity index (χ3v) is 3.37. The van der Waals surface area contributed by atoms with Crippen molar-refractivity contribution in [1.82, 2.24) is 0 Å². The summed E-state index contributed by atoms with van der Waals surface area (Å²) in [6.07, 6.45) is 0.529. The Hall–Kier alpha value is -1.06. The Morgan fingerprint density at radius 1 is 1.37 bits per heavy atom. The van der Waals surface area contributed by atoms with Crippen LogP contribution in [0.25, 0.3) is 0 Å². The third kappa shape index (κ3) is 7.85. The number of benzene rings is 1. The minimum Gasteiger partial charge on any atom is -0.288 e. The van der Waals surface area contributed by atoms with Gasteiger partial charge in [0.15, 0.2) is 5.12 Å². The molecule has 0 atom stereocenters. The second-order valence-corrected chi connectivity index (χ2v) is 5.88. The van der Waals surface area contributed by atoms with Crippen LogP contribution in [-0.2, 0) is 4.79 Å². The highest BCUT2D eigenvalue weighted by molar-refractivity contribution is 8.13. The predicted molar refractivity (Wildman–Crippen MR) is 73.0 cm³/mol. The number of thioether (sulfide) groups is 2. The van der Waals surface area contributed by atoms with Crippen molar-refractivity contribution in [1.29, 1.82) is 0 Å². The monoisotopic (exact) mass is 304 g/mol. The third-order valence-electron chi connectivity index (χ3n) is 1.83. The van der Waals surface area contributed by atoms with E-state index in [0.29, 0.717) is 17.7 Å². The maximum absolute atomic E-state index is 12.2. The van der Waals surface area contributed by atoms with Crippen molar-refractivity contribution < 1.29 is 18.0 Å². The van der Waals surface area contributed by atoms with Gasteiger partial charge in [0.2, 0.25) is 0 Å². The highest BCUT2D eigenvalue weighted by Gasteiger charge is 2.29. The van der Waals surface area contributed by atoms with Crippen LogP contribution in [0.1, 0.15) is 18.9 Å². The lowest BCUT2D eigenvalue weighted by Crippen LogP contribution is -1.98. The molecule has 0 radical (unpaired) electrons. The lowest BCUT2D eigenvalue weighted by atomic mass is 10.2. The first-order valence-electron chi connectivity index (χ1n) is 5.35. The van der Waals surface area contributed by atoms with E-state index >= 15 is 0 Å². The average Bonchev–Trinajstić information content (AvgIpc) is 2.26. The predicted octanol–water partition coefficient (Wildman–Crippen LogP) is 4.32. The minimum atomic E-state index is -4.29. The second kappa shape index (κ2) is 7.51. The fourth-order valence-electron chi connectivity index (χ4n) is 1.18. The van der Waals surface area contributed by atoms with Gasteiger partial charge in [0.25, 0.3) is 0 Å². The largest absolute Gasteiger partial charge is 0.446 e. The summed E-state index contributed by atoms with van der Waals surface area (Å²) >= 11 is 1.03. The molecule has 0 aliphatic rings. The normalized spacial score (nSPS) is 10.7. The Kier molecular flexibility index (Phi) is 6.32. The molecule has 102 valence electrons. The van der Waals surface area contributed by atoms with Crippen LogP contribution >= 0.6 is 23.5 Å². The van der Waals surface area contributed by atoms with E-state index in [9.17, 15) is 18.0 Å². The van der Waals surface area contributed by atoms with Gasteiger partial charge in [0, 0.05) is 29.6 Å². The number of carbonyl (C=O) groups excluding carboxylic acids is 1. The molecular weight excluding hydrogens is 293 g/mol. The molecule has 0 spiro atoms. The van der Waals surface area contributed by atoms with Crippen molar-refractivity contribution in [3.05, 3.63) is 29.8 Å². The number of carbonyl (C=O) groups is 1. The van der Waals surface area contributed by atoms with Gasteiger partial charge in [0.1, 0.15) is 0 Å². The van der Waals surface area contributed by atoms with Crippen LogP contribution in [0.2, 0.25) is 0 Å². The van der Waals surface area contributed by atoms with Gasteiger partial charge in [-0.05, 0) is 30.0 Å². The standard InChI is InChI=1S/C13H11F3OS2/c1-10(17)18-8-3-2-5-11-6-4-7-12(9-11)19-13(14,15)16/h4,6-7,9H,3,8H2,1H3. The summed E-state index contributed by atoms with van der Waals surface area (Å²) in [5, 5.41) is 0.0328. The molecule has 0 aromatic heterocycles. The van der Waals surface area contributed by atoms with Gasteiger partial charge in [0.05, 0.1) is 0 Å². The number of hydrogen-bond acceptors (Lipinski definition) is 3. The lowest BCUT2D eigenvalue weighted by Gasteiger charge is -2.05. The zero-order valence-corrected chi connectivity index (χ0v) is 11.7. The summed E-state index contributed by atoms with van der Waals surface area (Å²) in [5.74, 6) is 6.22. The van der Waals surface area contributed by atoms with Gasteiger partial charge in [-0.25, -0.2) is 0 Å². The Morgan fingerprint density at radius 2 is 2.11 bits per heavy atom.